The predicted molar refractivity (Wildman–Crippen MR) is 114 cm³/mol. The zero-order valence-corrected chi connectivity index (χ0v) is 19.4. The fraction of sp³-hybridized carbons (Fsp3) is 0.471. The number of carboxylic acid groups (broad SMARTS) is 3. The number of aromatic hydroxyl groups is 1. The lowest BCUT2D eigenvalue weighted by Crippen LogP contribution is -2.54. The fourth-order valence-corrected chi connectivity index (χ4v) is 4.89. The third-order valence-electron chi connectivity index (χ3n) is 4.55. The number of carbonyl (C=O) groups is 3. The highest BCUT2D eigenvalue weighted by molar-refractivity contribution is 7.52. The summed E-state index contributed by atoms with van der Waals surface area (Å²) >= 11 is 0. The molecular formula is C17H26N2O13P2. The zero-order valence-electron chi connectivity index (χ0n) is 17.6. The maximum atomic E-state index is 12.0. The molecule has 0 radical (unpaired) electrons. The highest BCUT2D eigenvalue weighted by atomic mass is 31.2. The van der Waals surface area contributed by atoms with Gasteiger partial charge in [0.25, 0.3) is 0 Å². The molecule has 0 spiro atoms. The van der Waals surface area contributed by atoms with Crippen molar-refractivity contribution in [3.8, 4) is 5.75 Å². The molecule has 0 aromatic heterocycles. The second-order valence-electron chi connectivity index (χ2n) is 7.42. The number of nitrogens with zero attached hydrogens (tertiary/aromatic N) is 2. The van der Waals surface area contributed by atoms with Crippen LogP contribution in [0.3, 0.4) is 0 Å². The first-order valence-corrected chi connectivity index (χ1v) is 13.1. The normalized spacial score (nSPS) is 14.2. The summed E-state index contributed by atoms with van der Waals surface area (Å²) in [7, 11) is -9.64. The van der Waals surface area contributed by atoms with E-state index in [2.05, 4.69) is 0 Å². The number of phenolic OH excluding ortho intramolecular Hbond substituents is 1. The van der Waals surface area contributed by atoms with Gasteiger partial charge in [0.15, 0.2) is 0 Å². The third-order valence-corrected chi connectivity index (χ3v) is 6.08. The van der Waals surface area contributed by atoms with Crippen LogP contribution >= 0.6 is 15.2 Å². The van der Waals surface area contributed by atoms with Gasteiger partial charge in [0, 0.05) is 13.1 Å². The van der Waals surface area contributed by atoms with E-state index in [1.165, 1.54) is 24.3 Å². The molecular weight excluding hydrogens is 502 g/mol. The van der Waals surface area contributed by atoms with Gasteiger partial charge in [-0.1, -0.05) is 12.1 Å². The molecule has 0 fully saturated rings. The number of aliphatic carboxylic acids is 3. The zero-order chi connectivity index (χ0) is 26.3. The van der Waals surface area contributed by atoms with Gasteiger partial charge in [0.2, 0.25) is 0 Å². The minimum atomic E-state index is -4.82. The summed E-state index contributed by atoms with van der Waals surface area (Å²) in [6, 6.07) is 1.72. The topological polar surface area (TPSA) is 254 Å². The molecule has 1 aromatic carbocycles. The second-order valence-corrected chi connectivity index (χ2v) is 10.6. The molecule has 0 aliphatic carbocycles. The molecule has 8 N–H and O–H groups in total. The van der Waals surface area contributed by atoms with Crippen LogP contribution in [0.5, 0.6) is 5.75 Å². The molecule has 17 heteroatoms. The SMILES string of the molecule is O=C(O)CC(C(=O)O)N(CCN(CP(=O)(O)O)CP(=O)(O)O)C(Cc1ccc(O)cc1)C(=O)O. The van der Waals surface area contributed by atoms with Crippen molar-refractivity contribution >= 4 is 33.1 Å². The molecule has 0 aliphatic heterocycles. The standard InChI is InChI=1S/C17H26N2O13P2/c20-12-3-1-11(2-4-12)7-13(16(23)24)19(14(17(25)26)8-15(21)22)6-5-18(9-33(27,28)29)10-34(30,31)32/h1-4,13-14,20H,5-10H2,(H,21,22)(H,23,24)(H,25,26)(H2,27,28,29)(H2,30,31,32). The van der Waals surface area contributed by atoms with Crippen molar-refractivity contribution in [1.29, 1.82) is 0 Å². The van der Waals surface area contributed by atoms with Gasteiger partial charge in [0.1, 0.15) is 30.4 Å². The van der Waals surface area contributed by atoms with Crippen LogP contribution in [-0.4, -0.2) is 105 Å². The lowest BCUT2D eigenvalue weighted by Gasteiger charge is -2.35. The van der Waals surface area contributed by atoms with E-state index in [0.29, 0.717) is 10.5 Å². The van der Waals surface area contributed by atoms with E-state index in [-0.39, 0.29) is 12.2 Å². The molecule has 1 aromatic rings. The van der Waals surface area contributed by atoms with E-state index >= 15 is 0 Å². The Morgan fingerprint density at radius 1 is 0.794 bits per heavy atom. The number of rotatable bonds is 15. The first-order chi connectivity index (χ1) is 15.5. The largest absolute Gasteiger partial charge is 0.508 e. The van der Waals surface area contributed by atoms with Crippen molar-refractivity contribution in [2.75, 3.05) is 25.7 Å². The number of carboxylic acids is 3. The highest BCUT2D eigenvalue weighted by Gasteiger charge is 2.37. The lowest BCUT2D eigenvalue weighted by atomic mass is 10.0. The highest BCUT2D eigenvalue weighted by Crippen LogP contribution is 2.40. The molecule has 34 heavy (non-hydrogen) atoms. The van der Waals surface area contributed by atoms with E-state index in [1.54, 1.807) is 0 Å². The average Bonchev–Trinajstić information content (AvgIpc) is 2.64. The smallest absolute Gasteiger partial charge is 0.339 e. The molecule has 1 rings (SSSR count). The third kappa shape index (κ3) is 11.2. The van der Waals surface area contributed by atoms with Crippen molar-refractivity contribution in [3.63, 3.8) is 0 Å². The number of hydrogen-bond donors (Lipinski definition) is 8. The average molecular weight is 528 g/mol. The van der Waals surface area contributed by atoms with E-state index in [4.69, 9.17) is 5.11 Å². The Kier molecular flexibility index (Phi) is 10.8. The van der Waals surface area contributed by atoms with Crippen molar-refractivity contribution in [1.82, 2.24) is 9.80 Å². The molecule has 0 heterocycles. The molecule has 2 atom stereocenters. The summed E-state index contributed by atoms with van der Waals surface area (Å²) in [5, 5.41) is 37.9. The molecule has 0 saturated heterocycles. The fourth-order valence-electron chi connectivity index (χ4n) is 3.21. The van der Waals surface area contributed by atoms with E-state index in [0.717, 1.165) is 4.90 Å². The van der Waals surface area contributed by atoms with Gasteiger partial charge in [-0.15, -0.1) is 0 Å². The molecule has 2 unspecified atom stereocenters. The maximum absolute atomic E-state index is 12.0. The van der Waals surface area contributed by atoms with Crippen LogP contribution in [-0.2, 0) is 29.9 Å². The van der Waals surface area contributed by atoms with Crippen LogP contribution in [0.15, 0.2) is 24.3 Å². The predicted octanol–water partition coefficient (Wildman–Crippen LogP) is -0.810. The van der Waals surface area contributed by atoms with E-state index in [1.807, 2.05) is 0 Å². The van der Waals surface area contributed by atoms with Crippen LogP contribution < -0.4 is 0 Å². The number of phenols is 1. The Hall–Kier alpha value is -2.35. The molecule has 0 bridgehead atoms. The van der Waals surface area contributed by atoms with Gasteiger partial charge in [-0.25, -0.2) is 0 Å². The Bertz CT molecular complexity index is 935. The Morgan fingerprint density at radius 3 is 1.65 bits per heavy atom. The van der Waals surface area contributed by atoms with Gasteiger partial charge >= 0.3 is 33.1 Å². The van der Waals surface area contributed by atoms with Crippen LogP contribution in [0.2, 0.25) is 0 Å². The first-order valence-electron chi connectivity index (χ1n) is 9.51. The summed E-state index contributed by atoms with van der Waals surface area (Å²) in [6.45, 7) is -1.21. The maximum Gasteiger partial charge on any atom is 0.339 e. The molecule has 15 nitrogen and oxygen atoms in total. The minimum Gasteiger partial charge on any atom is -0.508 e. The molecule has 0 saturated carbocycles. The minimum absolute atomic E-state index is 0.118. The van der Waals surface area contributed by atoms with Crippen LogP contribution in [0.1, 0.15) is 12.0 Å². The van der Waals surface area contributed by atoms with Crippen molar-refractivity contribution in [3.05, 3.63) is 29.8 Å². The summed E-state index contributed by atoms with van der Waals surface area (Å²) in [6.07, 6.45) is -3.59. The van der Waals surface area contributed by atoms with Gasteiger partial charge in [-0.05, 0) is 24.1 Å². The van der Waals surface area contributed by atoms with E-state index in [9.17, 15) is 58.4 Å². The Labute approximate surface area is 193 Å². The summed E-state index contributed by atoms with van der Waals surface area (Å²) < 4.78 is 22.7. The lowest BCUT2D eigenvalue weighted by molar-refractivity contribution is -0.155. The second kappa shape index (κ2) is 12.4. The monoisotopic (exact) mass is 528 g/mol. The van der Waals surface area contributed by atoms with Crippen LogP contribution in [0.25, 0.3) is 0 Å². The quantitative estimate of drug-likeness (QED) is 0.130. The summed E-state index contributed by atoms with van der Waals surface area (Å²) in [4.78, 5) is 73.3. The summed E-state index contributed by atoms with van der Waals surface area (Å²) in [5.74, 6) is -4.90. The molecule has 0 aliphatic rings. The van der Waals surface area contributed by atoms with Gasteiger partial charge in [-0.3, -0.25) is 33.3 Å². The van der Waals surface area contributed by atoms with Gasteiger partial charge < -0.3 is 40.0 Å². The Balaban J connectivity index is 3.34. The summed E-state index contributed by atoms with van der Waals surface area (Å²) in [5.41, 5.74) is 0.344. The van der Waals surface area contributed by atoms with Gasteiger partial charge in [-0.2, -0.15) is 0 Å². The Morgan fingerprint density at radius 2 is 1.26 bits per heavy atom. The number of hydrogen-bond acceptors (Lipinski definition) is 8. The van der Waals surface area contributed by atoms with Gasteiger partial charge in [0.05, 0.1) is 6.42 Å². The molecule has 0 amide bonds. The van der Waals surface area contributed by atoms with Crippen molar-refractivity contribution in [2.45, 2.75) is 24.9 Å². The van der Waals surface area contributed by atoms with Crippen molar-refractivity contribution in [2.24, 2.45) is 0 Å². The van der Waals surface area contributed by atoms with E-state index < -0.39 is 77.3 Å². The van der Waals surface area contributed by atoms with Crippen LogP contribution in [0.4, 0.5) is 0 Å². The molecule has 192 valence electrons. The number of benzene rings is 1. The van der Waals surface area contributed by atoms with Crippen LogP contribution in [0, 0.1) is 0 Å². The first kappa shape index (κ1) is 29.7. The van der Waals surface area contributed by atoms with Crippen molar-refractivity contribution < 1.29 is 63.5 Å².